The number of benzene rings is 2. The molecule has 1 saturated heterocycles. The number of aliphatic hydroxyl groups excluding tert-OH is 1. The zero-order chi connectivity index (χ0) is 23.2. The topological polar surface area (TPSA) is 84.7 Å². The van der Waals surface area contributed by atoms with Crippen LogP contribution < -0.4 is 4.74 Å². The average Bonchev–Trinajstić information content (AvgIpc) is 3.45. The van der Waals surface area contributed by atoms with Gasteiger partial charge in [-0.2, -0.15) is 0 Å². The van der Waals surface area contributed by atoms with Crippen LogP contribution in [0, 0.1) is 0 Å². The molecule has 0 radical (unpaired) electrons. The second-order valence-corrected chi connectivity index (χ2v) is 7.68. The number of nitrogens with zero attached hydrogens (tertiary/aromatic N) is 3. The van der Waals surface area contributed by atoms with Crippen LogP contribution in [0.5, 0.6) is 5.75 Å². The number of imidazole rings is 1. The zero-order valence-electron chi connectivity index (χ0n) is 18.1. The van der Waals surface area contributed by atoms with Crippen molar-refractivity contribution < 1.29 is 19.4 Å². The van der Waals surface area contributed by atoms with E-state index in [9.17, 15) is 14.7 Å². The Morgan fingerprint density at radius 3 is 2.52 bits per heavy atom. The third-order valence-electron chi connectivity index (χ3n) is 5.53. The number of hydrogen-bond acceptors (Lipinski definition) is 5. The Labute approximate surface area is 192 Å². The normalized spacial score (nSPS) is 17.3. The summed E-state index contributed by atoms with van der Waals surface area (Å²) in [4.78, 5) is 31.6. The van der Waals surface area contributed by atoms with Gasteiger partial charge in [-0.3, -0.25) is 9.59 Å². The van der Waals surface area contributed by atoms with E-state index in [2.05, 4.69) is 11.6 Å². The summed E-state index contributed by atoms with van der Waals surface area (Å²) in [6.07, 6.45) is 7.54. The third kappa shape index (κ3) is 4.72. The molecule has 1 aliphatic rings. The van der Waals surface area contributed by atoms with Crippen molar-refractivity contribution in [2.75, 3.05) is 13.2 Å². The first kappa shape index (κ1) is 22.1. The number of Topliss-reactive ketones (excluding diaryl/α,β-unsaturated/α-hetero) is 1. The van der Waals surface area contributed by atoms with Crippen molar-refractivity contribution in [3.8, 4) is 5.75 Å². The summed E-state index contributed by atoms with van der Waals surface area (Å²) in [6, 6.07) is 15.3. The van der Waals surface area contributed by atoms with Gasteiger partial charge in [-0.15, -0.1) is 0 Å². The molecule has 1 unspecified atom stereocenters. The summed E-state index contributed by atoms with van der Waals surface area (Å²) in [7, 11) is 0. The van der Waals surface area contributed by atoms with Gasteiger partial charge in [0, 0.05) is 31.0 Å². The predicted molar refractivity (Wildman–Crippen MR) is 124 cm³/mol. The lowest BCUT2D eigenvalue weighted by atomic mass is 9.95. The molecule has 1 atom stereocenters. The minimum Gasteiger partial charge on any atom is -0.507 e. The van der Waals surface area contributed by atoms with Gasteiger partial charge in [0.2, 0.25) is 0 Å². The SMILES string of the molecule is C=CCOc1ccc(C2C(=C(O)c3ccccc3)C(=O)C(=O)N2CCCn2ccnc2)cc1. The van der Waals surface area contributed by atoms with Crippen molar-refractivity contribution in [3.05, 3.63) is 103 Å². The van der Waals surface area contributed by atoms with Crippen LogP contribution in [0.15, 0.2) is 91.5 Å². The number of aliphatic hydroxyl groups is 1. The smallest absolute Gasteiger partial charge is 0.295 e. The Morgan fingerprint density at radius 1 is 1.09 bits per heavy atom. The summed E-state index contributed by atoms with van der Waals surface area (Å²) >= 11 is 0. The predicted octanol–water partition coefficient (Wildman–Crippen LogP) is 3.96. The van der Waals surface area contributed by atoms with Gasteiger partial charge in [-0.25, -0.2) is 4.98 Å². The van der Waals surface area contributed by atoms with E-state index in [0.29, 0.717) is 37.4 Å². The molecule has 1 aromatic heterocycles. The van der Waals surface area contributed by atoms with Gasteiger partial charge in [-0.1, -0.05) is 55.1 Å². The molecule has 168 valence electrons. The first-order valence-electron chi connectivity index (χ1n) is 10.7. The van der Waals surface area contributed by atoms with Gasteiger partial charge in [-0.05, 0) is 24.1 Å². The molecule has 0 saturated carbocycles. The minimum atomic E-state index is -0.693. The number of ether oxygens (including phenoxy) is 1. The molecule has 0 spiro atoms. The number of aryl methyl sites for hydroxylation is 1. The monoisotopic (exact) mass is 443 g/mol. The van der Waals surface area contributed by atoms with E-state index in [-0.39, 0.29) is 11.3 Å². The van der Waals surface area contributed by atoms with Gasteiger partial charge >= 0.3 is 0 Å². The molecule has 2 heterocycles. The number of hydrogen-bond donors (Lipinski definition) is 1. The number of aromatic nitrogens is 2. The van der Waals surface area contributed by atoms with Crippen LogP contribution in [0.25, 0.3) is 5.76 Å². The van der Waals surface area contributed by atoms with E-state index >= 15 is 0 Å². The molecular weight excluding hydrogens is 418 g/mol. The highest BCUT2D eigenvalue weighted by molar-refractivity contribution is 6.46. The fourth-order valence-corrected chi connectivity index (χ4v) is 3.95. The number of amides is 1. The highest BCUT2D eigenvalue weighted by Gasteiger charge is 2.45. The lowest BCUT2D eigenvalue weighted by Crippen LogP contribution is -2.31. The largest absolute Gasteiger partial charge is 0.507 e. The molecule has 1 fully saturated rings. The summed E-state index contributed by atoms with van der Waals surface area (Å²) in [5.41, 5.74) is 1.30. The van der Waals surface area contributed by atoms with Crippen molar-refractivity contribution in [2.45, 2.75) is 19.0 Å². The van der Waals surface area contributed by atoms with Crippen molar-refractivity contribution in [1.29, 1.82) is 0 Å². The van der Waals surface area contributed by atoms with E-state index in [1.165, 1.54) is 4.90 Å². The number of likely N-dealkylation sites (tertiary alicyclic amines) is 1. The van der Waals surface area contributed by atoms with E-state index < -0.39 is 17.7 Å². The maximum atomic E-state index is 13.1. The average molecular weight is 444 g/mol. The molecule has 0 bridgehead atoms. The van der Waals surface area contributed by atoms with Gasteiger partial charge < -0.3 is 19.3 Å². The van der Waals surface area contributed by atoms with Crippen molar-refractivity contribution in [1.82, 2.24) is 14.5 Å². The third-order valence-corrected chi connectivity index (χ3v) is 5.53. The van der Waals surface area contributed by atoms with Crippen LogP contribution in [0.3, 0.4) is 0 Å². The maximum absolute atomic E-state index is 13.1. The maximum Gasteiger partial charge on any atom is 0.295 e. The lowest BCUT2D eigenvalue weighted by Gasteiger charge is -2.25. The fraction of sp³-hybridized carbons (Fsp3) is 0.192. The van der Waals surface area contributed by atoms with Crippen molar-refractivity contribution in [2.24, 2.45) is 0 Å². The van der Waals surface area contributed by atoms with E-state index in [4.69, 9.17) is 4.74 Å². The lowest BCUT2D eigenvalue weighted by molar-refractivity contribution is -0.139. The van der Waals surface area contributed by atoms with Gasteiger partial charge in [0.05, 0.1) is 17.9 Å². The summed E-state index contributed by atoms with van der Waals surface area (Å²) < 4.78 is 7.47. The zero-order valence-corrected chi connectivity index (χ0v) is 18.1. The molecule has 33 heavy (non-hydrogen) atoms. The van der Waals surface area contributed by atoms with Gasteiger partial charge in [0.25, 0.3) is 11.7 Å². The molecule has 7 nitrogen and oxygen atoms in total. The quantitative estimate of drug-likeness (QED) is 0.234. The van der Waals surface area contributed by atoms with Crippen LogP contribution >= 0.6 is 0 Å². The van der Waals surface area contributed by atoms with Crippen LogP contribution in [0.1, 0.15) is 23.6 Å². The van der Waals surface area contributed by atoms with Crippen molar-refractivity contribution in [3.63, 3.8) is 0 Å². The highest BCUT2D eigenvalue weighted by Crippen LogP contribution is 2.39. The number of carbonyl (C=O) groups excluding carboxylic acids is 2. The second-order valence-electron chi connectivity index (χ2n) is 7.68. The Balaban J connectivity index is 1.69. The Morgan fingerprint density at radius 2 is 1.85 bits per heavy atom. The van der Waals surface area contributed by atoms with Crippen LogP contribution in [0.2, 0.25) is 0 Å². The number of ketones is 1. The molecular formula is C26H25N3O4. The number of rotatable bonds is 9. The summed E-state index contributed by atoms with van der Waals surface area (Å²) in [5.74, 6) is -0.826. The van der Waals surface area contributed by atoms with Crippen LogP contribution in [0.4, 0.5) is 0 Å². The highest BCUT2D eigenvalue weighted by atomic mass is 16.5. The molecule has 1 amide bonds. The van der Waals surface area contributed by atoms with E-state index in [1.807, 2.05) is 29.0 Å². The van der Waals surface area contributed by atoms with Crippen LogP contribution in [-0.2, 0) is 16.1 Å². The molecule has 0 aliphatic carbocycles. The number of carbonyl (C=O) groups is 2. The van der Waals surface area contributed by atoms with Gasteiger partial charge in [0.1, 0.15) is 18.1 Å². The Kier molecular flexibility index (Phi) is 6.69. The molecule has 7 heteroatoms. The molecule has 1 N–H and O–H groups in total. The summed E-state index contributed by atoms with van der Waals surface area (Å²) in [5, 5.41) is 11.0. The second kappa shape index (κ2) is 9.99. The molecule has 3 aromatic rings. The van der Waals surface area contributed by atoms with Gasteiger partial charge in [0.15, 0.2) is 0 Å². The van der Waals surface area contributed by atoms with E-state index in [1.54, 1.807) is 55.0 Å². The first-order chi connectivity index (χ1) is 16.1. The molecule has 1 aliphatic heterocycles. The first-order valence-corrected chi connectivity index (χ1v) is 10.7. The fourth-order valence-electron chi connectivity index (χ4n) is 3.95. The van der Waals surface area contributed by atoms with E-state index in [0.717, 1.165) is 5.56 Å². The molecule has 4 rings (SSSR count). The Bertz CT molecular complexity index is 1150. The standard InChI is InChI=1S/C26H25N3O4/c1-2-17-33-21-11-9-19(10-12-21)23-22(24(30)20-7-4-3-5-8-20)25(31)26(32)29(23)15-6-14-28-16-13-27-18-28/h2-5,7-13,16,18,23,30H,1,6,14-15,17H2. The Hall–Kier alpha value is -4.13. The van der Waals surface area contributed by atoms with Crippen molar-refractivity contribution >= 4 is 17.4 Å². The van der Waals surface area contributed by atoms with Crippen LogP contribution in [-0.4, -0.2) is 44.4 Å². The molecule has 2 aromatic carbocycles. The minimum absolute atomic E-state index is 0.0913. The summed E-state index contributed by atoms with van der Waals surface area (Å²) in [6.45, 7) is 5.03.